The van der Waals surface area contributed by atoms with Crippen LogP contribution in [-0.2, 0) is 11.3 Å². The highest BCUT2D eigenvalue weighted by Crippen LogP contribution is 2.27. The molecule has 5 heteroatoms. The van der Waals surface area contributed by atoms with Gasteiger partial charge in [0.1, 0.15) is 0 Å². The second-order valence-corrected chi connectivity index (χ2v) is 5.84. The van der Waals surface area contributed by atoms with Gasteiger partial charge in [0.15, 0.2) is 0 Å². The van der Waals surface area contributed by atoms with Gasteiger partial charge < -0.3 is 10.5 Å². The Morgan fingerprint density at radius 3 is 3.06 bits per heavy atom. The number of halogens is 1. The van der Waals surface area contributed by atoms with E-state index in [1.807, 2.05) is 11.4 Å². The van der Waals surface area contributed by atoms with Crippen molar-refractivity contribution in [1.82, 2.24) is 4.90 Å². The molecule has 17 heavy (non-hydrogen) atoms. The van der Waals surface area contributed by atoms with Crippen LogP contribution in [0.2, 0.25) is 5.02 Å². The molecule has 2 rings (SSSR count). The second-order valence-electron chi connectivity index (χ2n) is 4.43. The largest absolute Gasteiger partial charge is 0.381 e. The van der Waals surface area contributed by atoms with E-state index in [4.69, 9.17) is 22.1 Å². The van der Waals surface area contributed by atoms with Gasteiger partial charge >= 0.3 is 0 Å². The van der Waals surface area contributed by atoms with Crippen molar-refractivity contribution < 1.29 is 4.74 Å². The zero-order valence-corrected chi connectivity index (χ0v) is 11.6. The van der Waals surface area contributed by atoms with Gasteiger partial charge in [0, 0.05) is 37.7 Å². The Kier molecular flexibility index (Phi) is 4.82. The molecule has 0 aliphatic carbocycles. The van der Waals surface area contributed by atoms with Crippen LogP contribution in [0, 0.1) is 0 Å². The second kappa shape index (κ2) is 6.16. The fourth-order valence-corrected chi connectivity index (χ4v) is 3.47. The van der Waals surface area contributed by atoms with Crippen molar-refractivity contribution in [2.75, 3.05) is 20.2 Å². The number of methoxy groups -OCH3 is 1. The van der Waals surface area contributed by atoms with E-state index in [1.54, 1.807) is 18.4 Å². The lowest BCUT2D eigenvalue weighted by atomic mass is 9.99. The lowest BCUT2D eigenvalue weighted by Crippen LogP contribution is -2.47. The monoisotopic (exact) mass is 274 g/mol. The molecular weight excluding hydrogens is 256 g/mol. The Bertz CT molecular complexity index is 358. The fraction of sp³-hybridized carbons (Fsp3) is 0.667. The van der Waals surface area contributed by atoms with E-state index in [0.29, 0.717) is 18.7 Å². The molecule has 0 radical (unpaired) electrons. The van der Waals surface area contributed by atoms with Gasteiger partial charge in [0.05, 0.1) is 11.1 Å². The van der Waals surface area contributed by atoms with Crippen LogP contribution < -0.4 is 5.73 Å². The topological polar surface area (TPSA) is 38.5 Å². The minimum absolute atomic E-state index is 0.360. The third-order valence-corrected chi connectivity index (χ3v) is 4.80. The Morgan fingerprint density at radius 2 is 2.47 bits per heavy atom. The first-order chi connectivity index (χ1) is 8.24. The molecule has 0 spiro atoms. The molecule has 0 aromatic carbocycles. The minimum atomic E-state index is 0.360. The third-order valence-electron chi connectivity index (χ3n) is 3.43. The maximum absolute atomic E-state index is 6.13. The number of piperidine rings is 1. The summed E-state index contributed by atoms with van der Waals surface area (Å²) in [4.78, 5) is 3.66. The van der Waals surface area contributed by atoms with Gasteiger partial charge in [0.25, 0.3) is 0 Å². The smallest absolute Gasteiger partial charge is 0.0599 e. The first kappa shape index (κ1) is 13.3. The van der Waals surface area contributed by atoms with Gasteiger partial charge in [-0.2, -0.15) is 0 Å². The Morgan fingerprint density at radius 1 is 1.65 bits per heavy atom. The number of nitrogens with zero attached hydrogens (tertiary/aromatic N) is 1. The lowest BCUT2D eigenvalue weighted by Gasteiger charge is -2.38. The zero-order valence-electron chi connectivity index (χ0n) is 10.1. The molecule has 1 aliphatic rings. The maximum Gasteiger partial charge on any atom is 0.0599 e. The number of likely N-dealkylation sites (tertiary alicyclic amines) is 1. The van der Waals surface area contributed by atoms with Crippen LogP contribution in [0.1, 0.15) is 17.7 Å². The van der Waals surface area contributed by atoms with E-state index in [1.165, 1.54) is 4.88 Å². The van der Waals surface area contributed by atoms with E-state index in [2.05, 4.69) is 4.90 Å². The van der Waals surface area contributed by atoms with Crippen LogP contribution in [0.25, 0.3) is 0 Å². The SMILES string of the molecule is COC1CCN(Cc2sccc2Cl)C(CN)C1. The molecule has 1 aromatic rings. The first-order valence-corrected chi connectivity index (χ1v) is 7.19. The van der Waals surface area contributed by atoms with Crippen LogP contribution in [0.4, 0.5) is 0 Å². The summed E-state index contributed by atoms with van der Waals surface area (Å²) in [5.41, 5.74) is 5.85. The van der Waals surface area contributed by atoms with E-state index in [0.717, 1.165) is 31.0 Å². The number of hydrogen-bond donors (Lipinski definition) is 1. The average molecular weight is 275 g/mol. The van der Waals surface area contributed by atoms with E-state index < -0.39 is 0 Å². The number of hydrogen-bond acceptors (Lipinski definition) is 4. The standard InChI is InChI=1S/C12H19ClN2OS/c1-16-10-2-4-15(9(6-10)7-14)8-12-11(13)3-5-17-12/h3,5,9-10H,2,4,6-8,14H2,1H3. The Labute approximate surface area is 112 Å². The van der Waals surface area contributed by atoms with E-state index in [-0.39, 0.29) is 0 Å². The van der Waals surface area contributed by atoms with Gasteiger partial charge in [-0.3, -0.25) is 4.90 Å². The first-order valence-electron chi connectivity index (χ1n) is 5.93. The predicted octanol–water partition coefficient (Wildman–Crippen LogP) is 2.34. The molecule has 0 bridgehead atoms. The molecule has 2 N–H and O–H groups in total. The van der Waals surface area contributed by atoms with Crippen molar-refractivity contribution in [2.45, 2.75) is 31.5 Å². The average Bonchev–Trinajstić information content (AvgIpc) is 2.75. The van der Waals surface area contributed by atoms with Crippen LogP contribution in [-0.4, -0.2) is 37.2 Å². The van der Waals surface area contributed by atoms with Gasteiger partial charge in [-0.05, 0) is 24.3 Å². The molecule has 2 atom stereocenters. The predicted molar refractivity (Wildman–Crippen MR) is 72.6 cm³/mol. The highest BCUT2D eigenvalue weighted by atomic mass is 35.5. The highest BCUT2D eigenvalue weighted by molar-refractivity contribution is 7.10. The van der Waals surface area contributed by atoms with Gasteiger partial charge in [-0.25, -0.2) is 0 Å². The third kappa shape index (κ3) is 3.20. The summed E-state index contributed by atoms with van der Waals surface area (Å²) in [5, 5.41) is 2.91. The molecule has 96 valence electrons. The zero-order chi connectivity index (χ0) is 12.3. The minimum Gasteiger partial charge on any atom is -0.381 e. The summed E-state index contributed by atoms with van der Waals surface area (Å²) >= 11 is 7.85. The summed E-state index contributed by atoms with van der Waals surface area (Å²) in [6.07, 6.45) is 2.46. The van der Waals surface area contributed by atoms with E-state index >= 15 is 0 Å². The molecule has 2 unspecified atom stereocenters. The van der Waals surface area contributed by atoms with Crippen molar-refractivity contribution >= 4 is 22.9 Å². The molecule has 1 fully saturated rings. The van der Waals surface area contributed by atoms with Crippen molar-refractivity contribution in [3.05, 3.63) is 21.3 Å². The van der Waals surface area contributed by atoms with Gasteiger partial charge in [-0.15, -0.1) is 11.3 Å². The number of thiophene rings is 1. The molecule has 1 aliphatic heterocycles. The molecule has 3 nitrogen and oxygen atoms in total. The van der Waals surface area contributed by atoms with Crippen LogP contribution in [0.3, 0.4) is 0 Å². The summed E-state index contributed by atoms with van der Waals surface area (Å²) in [6.45, 7) is 2.63. The molecule has 0 amide bonds. The molecule has 1 saturated heterocycles. The summed E-state index contributed by atoms with van der Waals surface area (Å²) in [7, 11) is 1.78. The molecular formula is C12H19ClN2OS. The molecule has 0 saturated carbocycles. The Balaban J connectivity index is 1.98. The number of nitrogens with two attached hydrogens (primary N) is 1. The van der Waals surface area contributed by atoms with Crippen molar-refractivity contribution in [1.29, 1.82) is 0 Å². The molecule has 1 aromatic heterocycles. The van der Waals surface area contributed by atoms with Crippen molar-refractivity contribution in [3.63, 3.8) is 0 Å². The van der Waals surface area contributed by atoms with Gasteiger partial charge in [0.2, 0.25) is 0 Å². The number of rotatable bonds is 4. The van der Waals surface area contributed by atoms with Crippen LogP contribution in [0.5, 0.6) is 0 Å². The fourth-order valence-electron chi connectivity index (χ4n) is 2.35. The van der Waals surface area contributed by atoms with Crippen molar-refractivity contribution in [3.8, 4) is 0 Å². The van der Waals surface area contributed by atoms with Crippen molar-refractivity contribution in [2.24, 2.45) is 5.73 Å². The quantitative estimate of drug-likeness (QED) is 0.916. The van der Waals surface area contributed by atoms with Crippen LogP contribution in [0.15, 0.2) is 11.4 Å². The van der Waals surface area contributed by atoms with Crippen LogP contribution >= 0.6 is 22.9 Å². The Hall–Kier alpha value is -0.130. The van der Waals surface area contributed by atoms with E-state index in [9.17, 15) is 0 Å². The van der Waals surface area contributed by atoms with Gasteiger partial charge in [-0.1, -0.05) is 11.6 Å². The summed E-state index contributed by atoms with van der Waals surface area (Å²) < 4.78 is 5.42. The highest BCUT2D eigenvalue weighted by Gasteiger charge is 2.27. The molecule has 2 heterocycles. The lowest BCUT2D eigenvalue weighted by molar-refractivity contribution is 0.0106. The number of ether oxygens (including phenoxy) is 1. The summed E-state index contributed by atoms with van der Waals surface area (Å²) in [6, 6.07) is 2.37. The summed E-state index contributed by atoms with van der Waals surface area (Å²) in [5.74, 6) is 0. The maximum atomic E-state index is 6.13. The normalized spacial score (nSPS) is 26.3.